The maximum Gasteiger partial charge on any atom is 0.297 e. The molecule has 1 unspecified atom stereocenters. The van der Waals surface area contributed by atoms with Gasteiger partial charge in [-0.15, -0.1) is 10.2 Å². The molecule has 2 aromatic heterocycles. The second-order valence-electron chi connectivity index (χ2n) is 10.9. The molecule has 0 N–H and O–H groups in total. The topological polar surface area (TPSA) is 94.8 Å². The summed E-state index contributed by atoms with van der Waals surface area (Å²) in [5.41, 5.74) is 3.09. The first-order valence-electron chi connectivity index (χ1n) is 13.1. The predicted molar refractivity (Wildman–Crippen MR) is 152 cm³/mol. The van der Waals surface area contributed by atoms with Gasteiger partial charge >= 0.3 is 0 Å². The fourth-order valence-electron chi connectivity index (χ4n) is 4.74. The van der Waals surface area contributed by atoms with Crippen LogP contribution in [0, 0.1) is 25.7 Å². The summed E-state index contributed by atoms with van der Waals surface area (Å²) >= 11 is 1.35. The Kier molecular flexibility index (Phi) is 7.20. The monoisotopic (exact) mass is 547 g/mol. The lowest BCUT2D eigenvalue weighted by molar-refractivity contribution is 0.0970. The molecule has 0 bridgehead atoms. The van der Waals surface area contributed by atoms with E-state index in [1.165, 1.54) is 16.2 Å². The van der Waals surface area contributed by atoms with Gasteiger partial charge in [0.15, 0.2) is 16.9 Å². The lowest BCUT2D eigenvalue weighted by atomic mass is 9.97. The van der Waals surface area contributed by atoms with Crippen molar-refractivity contribution in [2.45, 2.75) is 54.0 Å². The zero-order valence-electron chi connectivity index (χ0n) is 23.3. The van der Waals surface area contributed by atoms with Gasteiger partial charge in [-0.2, -0.15) is 0 Å². The number of aromatic nitrogens is 2. The molecule has 1 atom stereocenters. The van der Waals surface area contributed by atoms with E-state index in [9.17, 15) is 9.59 Å². The van der Waals surface area contributed by atoms with Gasteiger partial charge in [0, 0.05) is 6.42 Å². The molecule has 1 aliphatic rings. The van der Waals surface area contributed by atoms with Gasteiger partial charge in [-0.05, 0) is 66.6 Å². The highest BCUT2D eigenvalue weighted by atomic mass is 32.1. The smallest absolute Gasteiger partial charge is 0.297 e. The third kappa shape index (κ3) is 4.91. The molecule has 3 heterocycles. The largest absolute Gasteiger partial charge is 0.493 e. The first kappa shape index (κ1) is 26.9. The zero-order chi connectivity index (χ0) is 28.0. The number of carbonyl (C=O) groups is 1. The van der Waals surface area contributed by atoms with E-state index in [2.05, 4.69) is 37.9 Å². The minimum atomic E-state index is -0.761. The lowest BCUT2D eigenvalue weighted by Crippen LogP contribution is -2.29. The minimum absolute atomic E-state index is 0.0282. The molecule has 9 heteroatoms. The van der Waals surface area contributed by atoms with E-state index >= 15 is 0 Å². The van der Waals surface area contributed by atoms with Gasteiger partial charge < -0.3 is 13.9 Å². The molecule has 1 aliphatic heterocycles. The lowest BCUT2D eigenvalue weighted by Gasteiger charge is -2.23. The van der Waals surface area contributed by atoms with Crippen LogP contribution in [0.3, 0.4) is 0 Å². The van der Waals surface area contributed by atoms with Gasteiger partial charge in [0.05, 0.1) is 30.7 Å². The number of nitrogens with zero attached hydrogens (tertiary/aromatic N) is 3. The van der Waals surface area contributed by atoms with E-state index in [0.29, 0.717) is 51.6 Å². The van der Waals surface area contributed by atoms with E-state index in [0.717, 1.165) is 22.6 Å². The number of amides is 1. The number of hydrogen-bond acceptors (Lipinski definition) is 8. The Morgan fingerprint density at radius 3 is 2.44 bits per heavy atom. The summed E-state index contributed by atoms with van der Waals surface area (Å²) in [5.74, 6) is 1.45. The first-order valence-corrected chi connectivity index (χ1v) is 13.9. The van der Waals surface area contributed by atoms with Gasteiger partial charge in [-0.25, -0.2) is 0 Å². The van der Waals surface area contributed by atoms with Crippen molar-refractivity contribution in [3.63, 3.8) is 0 Å². The molecule has 0 saturated heterocycles. The number of fused-ring (bicyclic) bond motifs is 2. The van der Waals surface area contributed by atoms with Crippen LogP contribution in [0.25, 0.3) is 11.0 Å². The Bertz CT molecular complexity index is 1620. The average molecular weight is 548 g/mol. The molecule has 0 aliphatic carbocycles. The van der Waals surface area contributed by atoms with Gasteiger partial charge in [-0.1, -0.05) is 45.1 Å². The fourth-order valence-corrected chi connectivity index (χ4v) is 5.82. The number of anilines is 1. The van der Waals surface area contributed by atoms with E-state index < -0.39 is 11.9 Å². The average Bonchev–Trinajstić information content (AvgIpc) is 3.45. The molecule has 4 aromatic rings. The van der Waals surface area contributed by atoms with Gasteiger partial charge in [0.2, 0.25) is 10.9 Å². The summed E-state index contributed by atoms with van der Waals surface area (Å²) in [6.45, 7) is 12.8. The molecule has 0 spiro atoms. The summed E-state index contributed by atoms with van der Waals surface area (Å²) in [4.78, 5) is 29.5. The Hall–Kier alpha value is -3.72. The molecule has 204 valence electrons. The number of ether oxygens (including phenoxy) is 2. The molecule has 0 radical (unpaired) electrons. The second-order valence-corrected chi connectivity index (χ2v) is 11.9. The Labute approximate surface area is 231 Å². The zero-order valence-corrected chi connectivity index (χ0v) is 24.1. The molecule has 5 rings (SSSR count). The highest BCUT2D eigenvalue weighted by Gasteiger charge is 2.45. The van der Waals surface area contributed by atoms with Crippen molar-refractivity contribution in [2.24, 2.45) is 11.8 Å². The Morgan fingerprint density at radius 1 is 1.00 bits per heavy atom. The van der Waals surface area contributed by atoms with E-state index in [4.69, 9.17) is 13.9 Å². The summed E-state index contributed by atoms with van der Waals surface area (Å²) in [6, 6.07) is 8.37. The molecule has 0 saturated carbocycles. The Morgan fingerprint density at radius 2 is 1.74 bits per heavy atom. The van der Waals surface area contributed by atoms with Crippen LogP contribution < -0.4 is 19.8 Å². The summed E-state index contributed by atoms with van der Waals surface area (Å²) in [7, 11) is 1.57. The third-order valence-corrected chi connectivity index (χ3v) is 7.75. The number of methoxy groups -OCH3 is 1. The van der Waals surface area contributed by atoms with Crippen molar-refractivity contribution in [3.05, 3.63) is 73.6 Å². The highest BCUT2D eigenvalue weighted by Crippen LogP contribution is 2.44. The summed E-state index contributed by atoms with van der Waals surface area (Å²) in [5, 5.41) is 10.4. The first-order chi connectivity index (χ1) is 18.6. The van der Waals surface area contributed by atoms with Crippen LogP contribution in [0.5, 0.6) is 11.5 Å². The van der Waals surface area contributed by atoms with Crippen LogP contribution in [0.15, 0.2) is 39.5 Å². The van der Waals surface area contributed by atoms with Crippen molar-refractivity contribution in [3.8, 4) is 11.5 Å². The van der Waals surface area contributed by atoms with Crippen LogP contribution in [-0.2, 0) is 6.42 Å². The van der Waals surface area contributed by atoms with Crippen molar-refractivity contribution >= 4 is 33.3 Å². The third-order valence-electron chi connectivity index (χ3n) is 6.81. The number of hydrogen-bond donors (Lipinski definition) is 0. The predicted octanol–water partition coefficient (Wildman–Crippen LogP) is 6.25. The van der Waals surface area contributed by atoms with Crippen LogP contribution in [0.2, 0.25) is 0 Å². The standard InChI is InChI=1S/C30H33N3O5S/c1-15(2)10-24-31-32-30(39-24)33-26(19-8-9-21(23(13-19)36-7)37-14-16(3)4)25-27(34)20-11-17(5)18(6)12-22(20)38-28(25)29(33)35/h8-9,11-13,15-16,26H,10,14H2,1-7H3. The van der Waals surface area contributed by atoms with Crippen molar-refractivity contribution in [2.75, 3.05) is 18.6 Å². The second kappa shape index (κ2) is 10.4. The van der Waals surface area contributed by atoms with E-state index in [-0.39, 0.29) is 16.8 Å². The molecule has 1 amide bonds. The van der Waals surface area contributed by atoms with Crippen LogP contribution in [0.4, 0.5) is 5.13 Å². The highest BCUT2D eigenvalue weighted by molar-refractivity contribution is 7.15. The van der Waals surface area contributed by atoms with Gasteiger partial charge in [0.1, 0.15) is 10.6 Å². The minimum Gasteiger partial charge on any atom is -0.493 e. The van der Waals surface area contributed by atoms with Crippen LogP contribution in [0.1, 0.15) is 71.6 Å². The van der Waals surface area contributed by atoms with E-state index in [1.54, 1.807) is 7.11 Å². The van der Waals surface area contributed by atoms with Crippen molar-refractivity contribution in [1.82, 2.24) is 10.2 Å². The number of aryl methyl sites for hydroxylation is 2. The fraction of sp³-hybridized carbons (Fsp3) is 0.400. The normalized spacial score (nSPS) is 15.1. The molecule has 2 aromatic carbocycles. The maximum absolute atomic E-state index is 14.0. The summed E-state index contributed by atoms with van der Waals surface area (Å²) < 4.78 is 17.8. The van der Waals surface area contributed by atoms with Crippen molar-refractivity contribution in [1.29, 1.82) is 0 Å². The van der Waals surface area contributed by atoms with Gasteiger partial charge in [0.25, 0.3) is 5.91 Å². The number of carbonyl (C=O) groups excluding carboxylic acids is 1. The van der Waals surface area contributed by atoms with Crippen molar-refractivity contribution < 1.29 is 18.7 Å². The number of benzene rings is 2. The van der Waals surface area contributed by atoms with Crippen LogP contribution >= 0.6 is 11.3 Å². The maximum atomic E-state index is 14.0. The molecule has 8 nitrogen and oxygen atoms in total. The number of rotatable bonds is 8. The molecule has 0 fully saturated rings. The van der Waals surface area contributed by atoms with Gasteiger partial charge in [-0.3, -0.25) is 14.5 Å². The molecular weight excluding hydrogens is 514 g/mol. The summed E-state index contributed by atoms with van der Waals surface area (Å²) in [6.07, 6.45) is 0.743. The SMILES string of the molecule is COc1cc(C2c3c(oc4cc(C)c(C)cc4c3=O)C(=O)N2c2nnc(CC(C)C)s2)ccc1OCC(C)C. The molecule has 39 heavy (non-hydrogen) atoms. The Balaban J connectivity index is 1.71. The quantitative estimate of drug-likeness (QED) is 0.257. The molecular formula is C30H33N3O5S. The van der Waals surface area contributed by atoms with E-state index in [1.807, 2.05) is 44.2 Å². The van der Waals surface area contributed by atoms with Crippen LogP contribution in [-0.4, -0.2) is 29.8 Å².